The second kappa shape index (κ2) is 7.33. The summed E-state index contributed by atoms with van der Waals surface area (Å²) in [6, 6.07) is 12.0. The SMILES string of the molecule is O=C(Nc1cnn(Cc2cccc(C(F)(F)F)c2)c1)c1cccc(Br)c1. The normalized spacial score (nSPS) is 11.4. The highest BCUT2D eigenvalue weighted by molar-refractivity contribution is 9.10. The van der Waals surface area contributed by atoms with Crippen LogP contribution in [0.4, 0.5) is 18.9 Å². The van der Waals surface area contributed by atoms with E-state index in [1.165, 1.54) is 16.9 Å². The van der Waals surface area contributed by atoms with Crippen molar-refractivity contribution < 1.29 is 18.0 Å². The van der Waals surface area contributed by atoms with E-state index in [1.54, 1.807) is 30.5 Å². The molecule has 0 fully saturated rings. The highest BCUT2D eigenvalue weighted by Crippen LogP contribution is 2.29. The van der Waals surface area contributed by atoms with E-state index < -0.39 is 11.7 Å². The van der Waals surface area contributed by atoms with Gasteiger partial charge in [-0.05, 0) is 35.9 Å². The van der Waals surface area contributed by atoms with Crippen LogP contribution in [0, 0.1) is 0 Å². The molecule has 1 amide bonds. The van der Waals surface area contributed by atoms with Crippen molar-refractivity contribution in [2.75, 3.05) is 5.32 Å². The van der Waals surface area contributed by atoms with E-state index in [4.69, 9.17) is 0 Å². The first kappa shape index (κ1) is 18.2. The molecule has 3 aromatic rings. The van der Waals surface area contributed by atoms with E-state index in [0.717, 1.165) is 16.6 Å². The Kier molecular flexibility index (Phi) is 5.13. The molecule has 0 aliphatic carbocycles. The molecular formula is C18H13BrF3N3O. The van der Waals surface area contributed by atoms with Gasteiger partial charge in [-0.2, -0.15) is 18.3 Å². The molecule has 134 valence electrons. The van der Waals surface area contributed by atoms with Gasteiger partial charge in [-0.3, -0.25) is 9.48 Å². The van der Waals surface area contributed by atoms with Gasteiger partial charge in [-0.1, -0.05) is 34.1 Å². The van der Waals surface area contributed by atoms with Crippen LogP contribution in [0.2, 0.25) is 0 Å². The summed E-state index contributed by atoms with van der Waals surface area (Å²) in [6.45, 7) is 0.163. The molecule has 2 aromatic carbocycles. The number of rotatable bonds is 4. The summed E-state index contributed by atoms with van der Waals surface area (Å²) in [4.78, 5) is 12.2. The lowest BCUT2D eigenvalue weighted by atomic mass is 10.1. The molecule has 0 aliphatic rings. The molecule has 1 aromatic heterocycles. The summed E-state index contributed by atoms with van der Waals surface area (Å²) in [5.74, 6) is -0.301. The molecule has 0 bridgehead atoms. The quantitative estimate of drug-likeness (QED) is 0.644. The molecule has 0 aliphatic heterocycles. The van der Waals surface area contributed by atoms with Gasteiger partial charge < -0.3 is 5.32 Å². The van der Waals surface area contributed by atoms with Crippen molar-refractivity contribution in [2.45, 2.75) is 12.7 Å². The number of carbonyl (C=O) groups is 1. The molecule has 3 rings (SSSR count). The monoisotopic (exact) mass is 423 g/mol. The number of benzene rings is 2. The Hall–Kier alpha value is -2.61. The molecule has 0 radical (unpaired) electrons. The largest absolute Gasteiger partial charge is 0.416 e. The zero-order chi connectivity index (χ0) is 18.7. The molecule has 1 heterocycles. The van der Waals surface area contributed by atoms with Crippen LogP contribution < -0.4 is 5.32 Å². The molecule has 1 N–H and O–H groups in total. The van der Waals surface area contributed by atoms with Crippen LogP contribution in [0.5, 0.6) is 0 Å². The number of hydrogen-bond acceptors (Lipinski definition) is 2. The molecular weight excluding hydrogens is 411 g/mol. The van der Waals surface area contributed by atoms with Crippen molar-refractivity contribution in [1.29, 1.82) is 0 Å². The minimum absolute atomic E-state index is 0.163. The van der Waals surface area contributed by atoms with Gasteiger partial charge in [0.15, 0.2) is 0 Å². The predicted molar refractivity (Wildman–Crippen MR) is 94.9 cm³/mol. The maximum Gasteiger partial charge on any atom is 0.416 e. The number of aromatic nitrogens is 2. The van der Waals surface area contributed by atoms with Gasteiger partial charge in [-0.15, -0.1) is 0 Å². The molecule has 26 heavy (non-hydrogen) atoms. The number of amides is 1. The van der Waals surface area contributed by atoms with Crippen molar-refractivity contribution in [1.82, 2.24) is 9.78 Å². The van der Waals surface area contributed by atoms with Crippen LogP contribution in [0.25, 0.3) is 0 Å². The highest BCUT2D eigenvalue weighted by Gasteiger charge is 2.30. The number of nitrogens with one attached hydrogen (secondary N) is 1. The predicted octanol–water partition coefficient (Wildman–Crippen LogP) is 4.97. The summed E-state index contributed by atoms with van der Waals surface area (Å²) in [5.41, 5.74) is 0.699. The summed E-state index contributed by atoms with van der Waals surface area (Å²) in [5, 5.41) is 6.78. The molecule has 0 spiro atoms. The summed E-state index contributed by atoms with van der Waals surface area (Å²) in [7, 11) is 0. The number of carbonyl (C=O) groups excluding carboxylic acids is 1. The Balaban J connectivity index is 1.70. The van der Waals surface area contributed by atoms with Crippen LogP contribution in [0.1, 0.15) is 21.5 Å². The number of alkyl halides is 3. The lowest BCUT2D eigenvalue weighted by Gasteiger charge is -2.08. The van der Waals surface area contributed by atoms with Crippen molar-refractivity contribution in [3.05, 3.63) is 82.1 Å². The van der Waals surface area contributed by atoms with Crippen LogP contribution in [-0.4, -0.2) is 15.7 Å². The van der Waals surface area contributed by atoms with Gasteiger partial charge in [0.25, 0.3) is 5.91 Å². The van der Waals surface area contributed by atoms with Gasteiger partial charge in [0.1, 0.15) is 0 Å². The third-order valence-electron chi connectivity index (χ3n) is 3.58. The first-order valence-electron chi connectivity index (χ1n) is 7.57. The maximum absolute atomic E-state index is 12.8. The van der Waals surface area contributed by atoms with E-state index in [2.05, 4.69) is 26.3 Å². The molecule has 0 unspecified atom stereocenters. The summed E-state index contributed by atoms with van der Waals surface area (Å²) >= 11 is 3.30. The van der Waals surface area contributed by atoms with Crippen molar-refractivity contribution in [2.24, 2.45) is 0 Å². The number of nitrogens with zero attached hydrogens (tertiary/aromatic N) is 2. The second-order valence-electron chi connectivity index (χ2n) is 5.59. The van der Waals surface area contributed by atoms with E-state index in [1.807, 2.05) is 6.07 Å². The van der Waals surface area contributed by atoms with E-state index in [-0.39, 0.29) is 12.5 Å². The fraction of sp³-hybridized carbons (Fsp3) is 0.111. The first-order chi connectivity index (χ1) is 12.3. The van der Waals surface area contributed by atoms with E-state index >= 15 is 0 Å². The molecule has 0 saturated carbocycles. The van der Waals surface area contributed by atoms with Gasteiger partial charge in [0.05, 0.1) is 24.0 Å². The average molecular weight is 424 g/mol. The van der Waals surface area contributed by atoms with Crippen molar-refractivity contribution in [3.63, 3.8) is 0 Å². The zero-order valence-corrected chi connectivity index (χ0v) is 14.9. The minimum atomic E-state index is -4.39. The standard InChI is InChI=1S/C18H13BrF3N3O/c19-15-6-2-4-13(8-15)17(26)24-16-9-23-25(11-16)10-12-3-1-5-14(7-12)18(20,21)22/h1-9,11H,10H2,(H,24,26). The molecule has 0 atom stereocenters. The lowest BCUT2D eigenvalue weighted by Crippen LogP contribution is -2.11. The Morgan fingerprint density at radius 3 is 2.65 bits per heavy atom. The third-order valence-corrected chi connectivity index (χ3v) is 4.07. The molecule has 0 saturated heterocycles. The summed E-state index contributed by atoms with van der Waals surface area (Å²) < 4.78 is 40.6. The maximum atomic E-state index is 12.8. The second-order valence-corrected chi connectivity index (χ2v) is 6.50. The fourth-order valence-electron chi connectivity index (χ4n) is 2.38. The van der Waals surface area contributed by atoms with Gasteiger partial charge in [-0.25, -0.2) is 0 Å². The number of anilines is 1. The van der Waals surface area contributed by atoms with Gasteiger partial charge in [0.2, 0.25) is 0 Å². The Morgan fingerprint density at radius 2 is 1.92 bits per heavy atom. The smallest absolute Gasteiger partial charge is 0.319 e. The first-order valence-corrected chi connectivity index (χ1v) is 8.36. The van der Waals surface area contributed by atoms with Crippen molar-refractivity contribution in [3.8, 4) is 0 Å². The highest BCUT2D eigenvalue weighted by atomic mass is 79.9. The topological polar surface area (TPSA) is 46.9 Å². The van der Waals surface area contributed by atoms with E-state index in [0.29, 0.717) is 16.8 Å². The Bertz CT molecular complexity index is 937. The van der Waals surface area contributed by atoms with Gasteiger partial charge >= 0.3 is 6.18 Å². The Labute approximate surface area is 155 Å². The van der Waals surface area contributed by atoms with E-state index in [9.17, 15) is 18.0 Å². The van der Waals surface area contributed by atoms with Crippen LogP contribution >= 0.6 is 15.9 Å². The summed E-state index contributed by atoms with van der Waals surface area (Å²) in [6.07, 6.45) is -1.37. The molecule has 8 heteroatoms. The van der Waals surface area contributed by atoms with Gasteiger partial charge in [0, 0.05) is 16.2 Å². The third kappa shape index (κ3) is 4.51. The fourth-order valence-corrected chi connectivity index (χ4v) is 2.78. The van der Waals surface area contributed by atoms with Crippen LogP contribution in [0.15, 0.2) is 65.4 Å². The number of hydrogen-bond donors (Lipinski definition) is 1. The van der Waals surface area contributed by atoms with Crippen molar-refractivity contribution >= 4 is 27.5 Å². The average Bonchev–Trinajstić information content (AvgIpc) is 3.01. The Morgan fingerprint density at radius 1 is 1.15 bits per heavy atom. The zero-order valence-electron chi connectivity index (χ0n) is 13.3. The van der Waals surface area contributed by atoms with Crippen LogP contribution in [-0.2, 0) is 12.7 Å². The molecule has 4 nitrogen and oxygen atoms in total. The lowest BCUT2D eigenvalue weighted by molar-refractivity contribution is -0.137. The van der Waals surface area contributed by atoms with Crippen LogP contribution in [0.3, 0.4) is 0 Å². The number of halogens is 4. The minimum Gasteiger partial charge on any atom is -0.319 e.